The van der Waals surface area contributed by atoms with E-state index < -0.39 is 5.82 Å². The first kappa shape index (κ1) is 19.6. The van der Waals surface area contributed by atoms with E-state index >= 15 is 0 Å². The van der Waals surface area contributed by atoms with Crippen molar-refractivity contribution in [2.75, 3.05) is 0 Å². The summed E-state index contributed by atoms with van der Waals surface area (Å²) in [7, 11) is 1.53. The van der Waals surface area contributed by atoms with Crippen LogP contribution >= 0.6 is 0 Å². The summed E-state index contributed by atoms with van der Waals surface area (Å²) >= 11 is 0. The number of rotatable bonds is 5. The second-order valence-corrected chi connectivity index (χ2v) is 7.17. The minimum atomic E-state index is -0.447. The number of ether oxygens (including phenoxy) is 1. The Balaban J connectivity index is 1.66. The molecule has 7 heteroatoms. The van der Waals surface area contributed by atoms with Gasteiger partial charge in [-0.2, -0.15) is 9.36 Å². The third kappa shape index (κ3) is 3.74. The zero-order chi connectivity index (χ0) is 21.3. The lowest BCUT2D eigenvalue weighted by Gasteiger charge is -2.14. The fourth-order valence-corrected chi connectivity index (χ4v) is 3.23. The highest BCUT2D eigenvalue weighted by Gasteiger charge is 2.15. The van der Waals surface area contributed by atoms with Crippen LogP contribution in [0.3, 0.4) is 0 Å². The number of benzene rings is 3. The van der Waals surface area contributed by atoms with Gasteiger partial charge in [-0.05, 0) is 59.2 Å². The van der Waals surface area contributed by atoms with Crippen molar-refractivity contribution in [3.63, 3.8) is 0 Å². The maximum atomic E-state index is 14.4. The third-order valence-corrected chi connectivity index (χ3v) is 5.02. The van der Waals surface area contributed by atoms with Crippen molar-refractivity contribution >= 4 is 0 Å². The van der Waals surface area contributed by atoms with Crippen LogP contribution in [-0.2, 0) is 13.7 Å². The smallest absolute Gasteiger partial charge is 0.368 e. The standard InChI is InChI=1S/C23H21FN4O2/c1-15-7-9-17(10-8-15)18-11-12-20(24)22(13-18)30-14-19-16(2)5-4-6-21(19)28-23(29)27(3)25-26-28/h4-13H,14H2,1-3H3. The van der Waals surface area contributed by atoms with Crippen molar-refractivity contribution in [2.24, 2.45) is 7.05 Å². The first-order valence-electron chi connectivity index (χ1n) is 9.51. The van der Waals surface area contributed by atoms with Gasteiger partial charge in [0.15, 0.2) is 11.6 Å². The van der Waals surface area contributed by atoms with E-state index in [-0.39, 0.29) is 18.0 Å². The number of aryl methyl sites for hydroxylation is 3. The van der Waals surface area contributed by atoms with E-state index in [0.29, 0.717) is 5.69 Å². The van der Waals surface area contributed by atoms with Gasteiger partial charge in [0.1, 0.15) is 6.61 Å². The average molecular weight is 404 g/mol. The molecule has 1 heterocycles. The van der Waals surface area contributed by atoms with Crippen molar-refractivity contribution in [3.05, 3.63) is 93.7 Å². The fourth-order valence-electron chi connectivity index (χ4n) is 3.23. The van der Waals surface area contributed by atoms with Crippen LogP contribution < -0.4 is 10.4 Å². The molecule has 0 radical (unpaired) electrons. The zero-order valence-electron chi connectivity index (χ0n) is 17.0. The van der Waals surface area contributed by atoms with Gasteiger partial charge in [0.25, 0.3) is 0 Å². The van der Waals surface area contributed by atoms with Crippen molar-refractivity contribution in [3.8, 4) is 22.6 Å². The number of nitrogens with zero attached hydrogens (tertiary/aromatic N) is 4. The molecule has 0 unspecified atom stereocenters. The van der Waals surface area contributed by atoms with Crippen LogP contribution in [-0.4, -0.2) is 19.8 Å². The Hall–Kier alpha value is -3.74. The fraction of sp³-hybridized carbons (Fsp3) is 0.174. The van der Waals surface area contributed by atoms with Gasteiger partial charge in [0.2, 0.25) is 0 Å². The highest BCUT2D eigenvalue weighted by molar-refractivity contribution is 5.65. The summed E-state index contributed by atoms with van der Waals surface area (Å²) in [5.74, 6) is -0.300. The lowest BCUT2D eigenvalue weighted by molar-refractivity contribution is 0.289. The summed E-state index contributed by atoms with van der Waals surface area (Å²) < 4.78 is 22.7. The molecule has 152 valence electrons. The minimum absolute atomic E-state index is 0.0826. The predicted molar refractivity (Wildman–Crippen MR) is 112 cm³/mol. The van der Waals surface area contributed by atoms with E-state index in [4.69, 9.17) is 4.74 Å². The van der Waals surface area contributed by atoms with Gasteiger partial charge in [0.05, 0.1) is 5.69 Å². The predicted octanol–water partition coefficient (Wildman–Crippen LogP) is 3.97. The Bertz CT molecular complexity index is 1260. The molecule has 0 N–H and O–H groups in total. The van der Waals surface area contributed by atoms with Crippen LogP contribution in [0, 0.1) is 19.7 Å². The molecular formula is C23H21FN4O2. The number of hydrogen-bond donors (Lipinski definition) is 0. The van der Waals surface area contributed by atoms with E-state index in [1.807, 2.05) is 50.2 Å². The van der Waals surface area contributed by atoms with Crippen LogP contribution in [0.25, 0.3) is 16.8 Å². The van der Waals surface area contributed by atoms with E-state index in [1.54, 1.807) is 18.2 Å². The van der Waals surface area contributed by atoms with Crippen LogP contribution in [0.15, 0.2) is 65.5 Å². The molecule has 0 aliphatic carbocycles. The quantitative estimate of drug-likeness (QED) is 0.505. The van der Waals surface area contributed by atoms with Gasteiger partial charge < -0.3 is 4.74 Å². The number of halogens is 1. The normalized spacial score (nSPS) is 10.9. The molecule has 0 saturated carbocycles. The number of aromatic nitrogens is 4. The second kappa shape index (κ2) is 7.94. The first-order valence-corrected chi connectivity index (χ1v) is 9.51. The summed E-state index contributed by atoms with van der Waals surface area (Å²) in [5, 5.41) is 7.67. The summed E-state index contributed by atoms with van der Waals surface area (Å²) in [4.78, 5) is 12.3. The van der Waals surface area contributed by atoms with Crippen LogP contribution in [0.5, 0.6) is 5.75 Å². The van der Waals surface area contributed by atoms with Crippen molar-refractivity contribution in [1.82, 2.24) is 19.8 Å². The summed E-state index contributed by atoms with van der Waals surface area (Å²) in [6.07, 6.45) is 0. The zero-order valence-corrected chi connectivity index (χ0v) is 17.0. The summed E-state index contributed by atoms with van der Waals surface area (Å²) in [6.45, 7) is 4.01. The molecule has 4 rings (SSSR count). The molecule has 0 spiro atoms. The average Bonchev–Trinajstić information content (AvgIpc) is 3.07. The molecule has 6 nitrogen and oxygen atoms in total. The largest absolute Gasteiger partial charge is 0.486 e. The van der Waals surface area contributed by atoms with Crippen LogP contribution in [0.1, 0.15) is 16.7 Å². The molecular weight excluding hydrogens is 383 g/mol. The molecule has 4 aromatic rings. The van der Waals surface area contributed by atoms with Gasteiger partial charge in [-0.1, -0.05) is 48.0 Å². The summed E-state index contributed by atoms with van der Waals surface area (Å²) in [5.41, 5.74) is 4.83. The molecule has 0 amide bonds. The van der Waals surface area contributed by atoms with Crippen molar-refractivity contribution in [2.45, 2.75) is 20.5 Å². The summed E-state index contributed by atoms with van der Waals surface area (Å²) in [6, 6.07) is 18.3. The third-order valence-electron chi connectivity index (χ3n) is 5.02. The van der Waals surface area contributed by atoms with Gasteiger partial charge in [0, 0.05) is 12.6 Å². The molecule has 0 fully saturated rings. The monoisotopic (exact) mass is 404 g/mol. The van der Waals surface area contributed by atoms with Crippen LogP contribution in [0.4, 0.5) is 4.39 Å². The maximum Gasteiger partial charge on any atom is 0.368 e. The van der Waals surface area contributed by atoms with Gasteiger partial charge in [-0.3, -0.25) is 0 Å². The topological polar surface area (TPSA) is 61.9 Å². The minimum Gasteiger partial charge on any atom is -0.486 e. The first-order chi connectivity index (χ1) is 14.4. The van der Waals surface area contributed by atoms with E-state index in [1.165, 1.54) is 17.8 Å². The van der Waals surface area contributed by atoms with Crippen molar-refractivity contribution < 1.29 is 9.13 Å². The van der Waals surface area contributed by atoms with Gasteiger partial charge >= 0.3 is 5.69 Å². The van der Waals surface area contributed by atoms with E-state index in [0.717, 1.165) is 32.5 Å². The van der Waals surface area contributed by atoms with Crippen molar-refractivity contribution in [1.29, 1.82) is 0 Å². The van der Waals surface area contributed by atoms with Gasteiger partial charge in [-0.15, -0.1) is 0 Å². The lowest BCUT2D eigenvalue weighted by atomic mass is 10.0. The second-order valence-electron chi connectivity index (χ2n) is 7.17. The van der Waals surface area contributed by atoms with Gasteiger partial charge in [-0.25, -0.2) is 9.18 Å². The SMILES string of the molecule is Cc1ccc(-c2ccc(F)c(OCc3c(C)cccc3-n3nnn(C)c3=O)c2)cc1. The molecule has 0 aliphatic rings. The Morgan fingerprint density at radius 3 is 2.40 bits per heavy atom. The highest BCUT2D eigenvalue weighted by Crippen LogP contribution is 2.28. The molecule has 0 saturated heterocycles. The lowest BCUT2D eigenvalue weighted by Crippen LogP contribution is -2.23. The Kier molecular flexibility index (Phi) is 5.18. The molecule has 0 aliphatic heterocycles. The van der Waals surface area contributed by atoms with Crippen LogP contribution in [0.2, 0.25) is 0 Å². The van der Waals surface area contributed by atoms with E-state index in [2.05, 4.69) is 10.4 Å². The molecule has 30 heavy (non-hydrogen) atoms. The Morgan fingerprint density at radius 2 is 1.70 bits per heavy atom. The molecule has 0 bridgehead atoms. The van der Waals surface area contributed by atoms with E-state index in [9.17, 15) is 9.18 Å². The maximum absolute atomic E-state index is 14.4. The number of tetrazole rings is 1. The molecule has 1 aromatic heterocycles. The number of hydrogen-bond acceptors (Lipinski definition) is 4. The Morgan fingerprint density at radius 1 is 0.967 bits per heavy atom. The molecule has 0 atom stereocenters. The molecule has 3 aromatic carbocycles. The highest BCUT2D eigenvalue weighted by atomic mass is 19.1. The Labute approximate surface area is 173 Å².